The van der Waals surface area contributed by atoms with E-state index in [-0.39, 0.29) is 33.5 Å². The predicted molar refractivity (Wildman–Crippen MR) is 79.6 cm³/mol. The fourth-order valence-electron chi connectivity index (χ4n) is 1.78. The highest BCUT2D eigenvalue weighted by molar-refractivity contribution is 6.33. The Labute approximate surface area is 140 Å². The molecule has 0 saturated heterocycles. The van der Waals surface area contributed by atoms with Gasteiger partial charge in [0.15, 0.2) is 0 Å². The van der Waals surface area contributed by atoms with Gasteiger partial charge in [-0.25, -0.2) is 4.79 Å². The number of pyridine rings is 1. The Hall–Kier alpha value is -1.79. The summed E-state index contributed by atoms with van der Waals surface area (Å²) in [4.78, 5) is 15.7. The van der Waals surface area contributed by atoms with E-state index in [1.807, 2.05) is 0 Å². The summed E-state index contributed by atoms with van der Waals surface area (Å²) in [7, 11) is 0. The van der Waals surface area contributed by atoms with Crippen LogP contribution in [0.5, 0.6) is 0 Å². The van der Waals surface area contributed by atoms with Crippen molar-refractivity contribution in [2.75, 3.05) is 0 Å². The van der Waals surface area contributed by atoms with Crippen molar-refractivity contribution in [1.82, 2.24) is 4.98 Å². The molecule has 1 aromatic heterocycles. The Bertz CT molecular complexity index is 720. The second-order valence-electron chi connectivity index (χ2n) is 4.62. The van der Waals surface area contributed by atoms with E-state index in [0.29, 0.717) is 0 Å². The van der Waals surface area contributed by atoms with Crippen molar-refractivity contribution in [2.45, 2.75) is 19.2 Å². The molecule has 0 saturated carbocycles. The van der Waals surface area contributed by atoms with E-state index in [1.165, 1.54) is 12.1 Å². The molecule has 0 atom stereocenters. The average Bonchev–Trinajstić information content (AvgIpc) is 2.45. The van der Waals surface area contributed by atoms with Gasteiger partial charge in [0.2, 0.25) is 0 Å². The zero-order valence-electron chi connectivity index (χ0n) is 11.5. The molecule has 2 rings (SSSR count). The van der Waals surface area contributed by atoms with Gasteiger partial charge in [-0.15, -0.1) is 0 Å². The number of rotatable bonds is 4. The van der Waals surface area contributed by atoms with Crippen LogP contribution in [0.3, 0.4) is 0 Å². The molecule has 0 aliphatic rings. The molecule has 0 N–H and O–H groups in total. The second-order valence-corrected chi connectivity index (χ2v) is 5.43. The van der Waals surface area contributed by atoms with E-state index in [4.69, 9.17) is 27.9 Å². The molecule has 23 heavy (non-hydrogen) atoms. The fraction of sp³-hybridized carbons (Fsp3) is 0.200. The summed E-state index contributed by atoms with van der Waals surface area (Å²) in [6, 6.07) is 7.47. The molecule has 1 aromatic carbocycles. The third-order valence-corrected chi connectivity index (χ3v) is 3.47. The number of nitrogens with zero attached hydrogens (tertiary/aromatic N) is 1. The van der Waals surface area contributed by atoms with Crippen LogP contribution in [-0.2, 0) is 17.8 Å². The average molecular weight is 364 g/mol. The molecule has 0 unspecified atom stereocenters. The van der Waals surface area contributed by atoms with Gasteiger partial charge in [0.05, 0.1) is 27.7 Å². The van der Waals surface area contributed by atoms with Crippen LogP contribution in [0, 0.1) is 0 Å². The number of esters is 1. The van der Waals surface area contributed by atoms with Crippen molar-refractivity contribution in [3.8, 4) is 0 Å². The molecular weight excluding hydrogens is 354 g/mol. The Balaban J connectivity index is 2.04. The van der Waals surface area contributed by atoms with Gasteiger partial charge in [0, 0.05) is 6.20 Å². The summed E-state index contributed by atoms with van der Waals surface area (Å²) in [6.45, 7) is -0.269. The zero-order valence-corrected chi connectivity index (χ0v) is 13.0. The van der Waals surface area contributed by atoms with Crippen molar-refractivity contribution >= 4 is 29.2 Å². The van der Waals surface area contributed by atoms with Crippen LogP contribution in [0.2, 0.25) is 10.0 Å². The van der Waals surface area contributed by atoms with E-state index < -0.39 is 18.6 Å². The summed E-state index contributed by atoms with van der Waals surface area (Å²) in [5.74, 6) is -0.673. The minimum absolute atomic E-state index is 0.00120. The largest absolute Gasteiger partial charge is 0.455 e. The Morgan fingerprint density at radius 2 is 1.87 bits per heavy atom. The van der Waals surface area contributed by atoms with Gasteiger partial charge in [-0.3, -0.25) is 4.98 Å². The molecule has 3 nitrogen and oxygen atoms in total. The molecule has 0 spiro atoms. The number of carbonyl (C=O) groups is 1. The molecule has 0 aliphatic carbocycles. The van der Waals surface area contributed by atoms with Crippen LogP contribution >= 0.6 is 23.2 Å². The molecular formula is C15H10Cl2F3NO2. The first-order valence-corrected chi connectivity index (χ1v) is 7.13. The van der Waals surface area contributed by atoms with E-state index in [2.05, 4.69) is 4.98 Å². The zero-order chi connectivity index (χ0) is 17.0. The number of hydrogen-bond donors (Lipinski definition) is 0. The number of halogens is 5. The minimum atomic E-state index is -4.34. The van der Waals surface area contributed by atoms with Gasteiger partial charge in [-0.2, -0.15) is 13.2 Å². The molecule has 0 aliphatic heterocycles. The number of alkyl halides is 3. The monoisotopic (exact) mass is 363 g/mol. The quantitative estimate of drug-likeness (QED) is 0.728. The third-order valence-electron chi connectivity index (χ3n) is 2.81. The molecule has 0 fully saturated rings. The topological polar surface area (TPSA) is 39.2 Å². The highest BCUT2D eigenvalue weighted by Gasteiger charge is 2.28. The molecule has 122 valence electrons. The maximum absolute atomic E-state index is 12.3. The van der Waals surface area contributed by atoms with Crippen molar-refractivity contribution in [2.24, 2.45) is 0 Å². The van der Waals surface area contributed by atoms with E-state index >= 15 is 0 Å². The van der Waals surface area contributed by atoms with E-state index in [1.54, 1.807) is 12.1 Å². The van der Waals surface area contributed by atoms with E-state index in [0.717, 1.165) is 12.3 Å². The number of aromatic nitrogens is 1. The van der Waals surface area contributed by atoms with Crippen LogP contribution in [0.4, 0.5) is 13.2 Å². The first kappa shape index (κ1) is 17.6. The maximum Gasteiger partial charge on any atom is 0.393 e. The van der Waals surface area contributed by atoms with Gasteiger partial charge in [0.25, 0.3) is 0 Å². The first-order valence-electron chi connectivity index (χ1n) is 6.38. The van der Waals surface area contributed by atoms with Crippen molar-refractivity contribution in [3.63, 3.8) is 0 Å². The highest BCUT2D eigenvalue weighted by Crippen LogP contribution is 2.24. The second kappa shape index (κ2) is 7.19. The third kappa shape index (κ3) is 5.11. The number of benzene rings is 1. The number of hydrogen-bond acceptors (Lipinski definition) is 3. The normalized spacial score (nSPS) is 11.3. The van der Waals surface area contributed by atoms with Crippen molar-refractivity contribution < 1.29 is 22.7 Å². The summed E-state index contributed by atoms with van der Waals surface area (Å²) in [6.07, 6.45) is -4.42. The van der Waals surface area contributed by atoms with Gasteiger partial charge < -0.3 is 4.74 Å². The standard InChI is InChI=1S/C15H10Cl2F3NO2/c16-11-4-2-1-3-10(11)14(22)23-8-13-12(17)5-9(7-21-13)6-15(18,19)20/h1-5,7H,6,8H2. The van der Waals surface area contributed by atoms with Crippen LogP contribution in [0.15, 0.2) is 36.5 Å². The maximum atomic E-state index is 12.3. The van der Waals surface area contributed by atoms with Crippen molar-refractivity contribution in [3.05, 3.63) is 63.4 Å². The highest BCUT2D eigenvalue weighted by atomic mass is 35.5. The number of carbonyl (C=O) groups excluding carboxylic acids is 1. The van der Waals surface area contributed by atoms with E-state index in [9.17, 15) is 18.0 Å². The van der Waals surface area contributed by atoms with Gasteiger partial charge in [-0.05, 0) is 23.8 Å². The predicted octanol–water partition coefficient (Wildman–Crippen LogP) is 4.85. The Morgan fingerprint density at radius 1 is 1.17 bits per heavy atom. The molecule has 1 heterocycles. The molecule has 0 amide bonds. The minimum Gasteiger partial charge on any atom is -0.455 e. The van der Waals surface area contributed by atoms with Crippen molar-refractivity contribution in [1.29, 1.82) is 0 Å². The SMILES string of the molecule is O=C(OCc1ncc(CC(F)(F)F)cc1Cl)c1ccccc1Cl. The Kier molecular flexibility index (Phi) is 5.49. The lowest BCUT2D eigenvalue weighted by molar-refractivity contribution is -0.127. The van der Waals surface area contributed by atoms with Crippen LogP contribution in [0.1, 0.15) is 21.6 Å². The number of ether oxygens (including phenoxy) is 1. The van der Waals surface area contributed by atoms with Gasteiger partial charge in [-0.1, -0.05) is 35.3 Å². The lowest BCUT2D eigenvalue weighted by atomic mass is 10.2. The molecule has 0 radical (unpaired) electrons. The first-order chi connectivity index (χ1) is 10.8. The molecule has 8 heteroatoms. The van der Waals surface area contributed by atoms with Crippen LogP contribution in [-0.4, -0.2) is 17.1 Å². The van der Waals surface area contributed by atoms with Gasteiger partial charge in [0.1, 0.15) is 6.61 Å². The lowest BCUT2D eigenvalue weighted by Crippen LogP contribution is -2.12. The molecule has 2 aromatic rings. The van der Waals surface area contributed by atoms with Crippen LogP contribution < -0.4 is 0 Å². The lowest BCUT2D eigenvalue weighted by Gasteiger charge is -2.09. The van der Waals surface area contributed by atoms with Gasteiger partial charge >= 0.3 is 12.1 Å². The smallest absolute Gasteiger partial charge is 0.393 e. The van der Waals surface area contributed by atoms with Crippen LogP contribution in [0.25, 0.3) is 0 Å². The summed E-state index contributed by atoms with van der Waals surface area (Å²) < 4.78 is 41.9. The molecule has 0 bridgehead atoms. The Morgan fingerprint density at radius 3 is 2.48 bits per heavy atom. The fourth-order valence-corrected chi connectivity index (χ4v) is 2.23. The summed E-state index contributed by atoms with van der Waals surface area (Å²) in [5.41, 5.74) is 0.278. The summed E-state index contributed by atoms with van der Waals surface area (Å²) >= 11 is 11.7. The summed E-state index contributed by atoms with van der Waals surface area (Å²) in [5, 5.41) is 0.232.